The maximum Gasteiger partial charge on any atom is 0.253 e. The number of aromatic nitrogens is 2. The number of halogens is 1. The molecule has 6 rings (SSSR count). The predicted molar refractivity (Wildman–Crippen MR) is 184 cm³/mol. The van der Waals surface area contributed by atoms with E-state index in [0.717, 1.165) is 55.7 Å². The fraction of sp³-hybridized carbons (Fsp3) is 0.342. The number of benzene rings is 3. The first-order valence-electron chi connectivity index (χ1n) is 16.3. The summed E-state index contributed by atoms with van der Waals surface area (Å²) in [7, 11) is 1.87. The van der Waals surface area contributed by atoms with E-state index in [2.05, 4.69) is 17.0 Å². The summed E-state index contributed by atoms with van der Waals surface area (Å²) in [6.07, 6.45) is 4.10. The highest BCUT2D eigenvalue weighted by Gasteiger charge is 2.30. The Hall–Kier alpha value is -4.24. The third-order valence-corrected chi connectivity index (χ3v) is 9.37. The standard InChI is InChI=1S/C38H41ClN4O4/c1-41(38(45)30-8-3-2-4-9-30)26-31(28-13-15-32(39)16-14-28)19-22-42-20-17-29(18-21-42)36(44)37-40-34-11-5-6-12-35(34)43(37)23-25-46-27-33-10-7-24-47-33/h2-16,24,29,31H,17-23,25-27H2,1H3. The topological polar surface area (TPSA) is 80.8 Å². The minimum absolute atomic E-state index is 0.0130. The van der Waals surface area contributed by atoms with Crippen molar-refractivity contribution in [2.45, 2.75) is 38.3 Å². The molecule has 8 nitrogen and oxygen atoms in total. The Morgan fingerprint density at radius 2 is 1.70 bits per heavy atom. The third-order valence-electron chi connectivity index (χ3n) is 9.11. The van der Waals surface area contributed by atoms with Crippen molar-refractivity contribution in [3.8, 4) is 0 Å². The van der Waals surface area contributed by atoms with Gasteiger partial charge >= 0.3 is 0 Å². The van der Waals surface area contributed by atoms with E-state index in [4.69, 9.17) is 25.7 Å². The van der Waals surface area contributed by atoms with Gasteiger partial charge in [-0.3, -0.25) is 9.59 Å². The van der Waals surface area contributed by atoms with Crippen LogP contribution in [0.25, 0.3) is 11.0 Å². The van der Waals surface area contributed by atoms with E-state index in [-0.39, 0.29) is 23.5 Å². The van der Waals surface area contributed by atoms with Crippen molar-refractivity contribution < 1.29 is 18.7 Å². The molecule has 1 aliphatic rings. The van der Waals surface area contributed by atoms with Gasteiger partial charge in [-0.15, -0.1) is 0 Å². The SMILES string of the molecule is CN(CC(CCN1CCC(C(=O)c2nc3ccccc3n2CCOCc2ccco2)CC1)c1ccc(Cl)cc1)C(=O)c1ccccc1. The zero-order chi connectivity index (χ0) is 32.6. The molecule has 9 heteroatoms. The number of carbonyl (C=O) groups is 2. The van der Waals surface area contributed by atoms with E-state index in [1.54, 1.807) is 6.26 Å². The van der Waals surface area contributed by atoms with Crippen LogP contribution in [0, 0.1) is 5.92 Å². The summed E-state index contributed by atoms with van der Waals surface area (Å²) in [6.45, 7) is 4.54. The number of nitrogens with zero attached hydrogens (tertiary/aromatic N) is 4. The molecule has 0 aliphatic carbocycles. The van der Waals surface area contributed by atoms with E-state index in [9.17, 15) is 9.59 Å². The average molecular weight is 653 g/mol. The summed E-state index contributed by atoms with van der Waals surface area (Å²) in [6, 6.07) is 29.0. The Kier molecular flexibility index (Phi) is 10.8. The molecule has 5 aromatic rings. The largest absolute Gasteiger partial charge is 0.467 e. The zero-order valence-corrected chi connectivity index (χ0v) is 27.5. The van der Waals surface area contributed by atoms with E-state index in [1.807, 2.05) is 95.4 Å². The van der Waals surface area contributed by atoms with Gasteiger partial charge < -0.3 is 23.5 Å². The van der Waals surface area contributed by atoms with Crippen molar-refractivity contribution in [3.63, 3.8) is 0 Å². The number of ketones is 1. The van der Waals surface area contributed by atoms with Crippen molar-refractivity contribution in [2.75, 3.05) is 39.8 Å². The van der Waals surface area contributed by atoms with Crippen molar-refractivity contribution in [2.24, 2.45) is 5.92 Å². The van der Waals surface area contributed by atoms with Gasteiger partial charge in [-0.1, -0.05) is 54.1 Å². The number of ether oxygens (including phenoxy) is 1. The second kappa shape index (κ2) is 15.6. The Balaban J connectivity index is 1.06. The molecule has 0 bridgehead atoms. The Labute approximate surface area is 280 Å². The third kappa shape index (κ3) is 8.19. The first-order chi connectivity index (χ1) is 23.0. The molecule has 1 fully saturated rings. The number of furan rings is 1. The Morgan fingerprint density at radius 1 is 0.957 bits per heavy atom. The van der Waals surface area contributed by atoms with Crippen LogP contribution < -0.4 is 0 Å². The van der Waals surface area contributed by atoms with Crippen LogP contribution in [-0.2, 0) is 17.9 Å². The molecular weight excluding hydrogens is 612 g/mol. The molecule has 0 radical (unpaired) electrons. The van der Waals surface area contributed by atoms with Gasteiger partial charge in [-0.25, -0.2) is 4.98 Å². The van der Waals surface area contributed by atoms with Crippen LogP contribution >= 0.6 is 11.6 Å². The van der Waals surface area contributed by atoms with Gasteiger partial charge in [0.2, 0.25) is 5.78 Å². The first-order valence-corrected chi connectivity index (χ1v) is 16.7. The number of likely N-dealkylation sites (N-methyl/N-ethyl adjacent to an activating group) is 1. The van der Waals surface area contributed by atoms with Gasteiger partial charge in [-0.2, -0.15) is 0 Å². The van der Waals surface area contributed by atoms with Crippen molar-refractivity contribution in [1.82, 2.24) is 19.4 Å². The minimum Gasteiger partial charge on any atom is -0.467 e. The van der Waals surface area contributed by atoms with Crippen LogP contribution in [0.1, 0.15) is 57.5 Å². The highest BCUT2D eigenvalue weighted by atomic mass is 35.5. The van der Waals surface area contributed by atoms with E-state index >= 15 is 0 Å². The van der Waals surface area contributed by atoms with Gasteiger partial charge in [0.05, 0.1) is 23.9 Å². The van der Waals surface area contributed by atoms with Gasteiger partial charge in [0.15, 0.2) is 5.82 Å². The van der Waals surface area contributed by atoms with E-state index < -0.39 is 0 Å². The summed E-state index contributed by atoms with van der Waals surface area (Å²) < 4.78 is 13.2. The quantitative estimate of drug-likeness (QED) is 0.0923. The monoisotopic (exact) mass is 652 g/mol. The molecule has 2 aromatic heterocycles. The smallest absolute Gasteiger partial charge is 0.253 e. The number of amides is 1. The van der Waals surface area contributed by atoms with Gasteiger partial charge in [-0.05, 0) is 93.0 Å². The molecule has 1 unspecified atom stereocenters. The van der Waals surface area contributed by atoms with Crippen LogP contribution in [0.3, 0.4) is 0 Å². The fourth-order valence-electron chi connectivity index (χ4n) is 6.47. The second-order valence-corrected chi connectivity index (χ2v) is 12.7. The number of para-hydroxylation sites is 2. The maximum absolute atomic E-state index is 13.9. The number of Topliss-reactive ketones (excluding diaryl/α,β-unsaturated/α-hetero) is 1. The molecule has 1 amide bonds. The van der Waals surface area contributed by atoms with Crippen LogP contribution in [0.4, 0.5) is 0 Å². The summed E-state index contributed by atoms with van der Waals surface area (Å²) in [4.78, 5) is 36.1. The number of fused-ring (bicyclic) bond motifs is 1. The maximum atomic E-state index is 13.9. The lowest BCUT2D eigenvalue weighted by molar-refractivity contribution is 0.0778. The second-order valence-electron chi connectivity index (χ2n) is 12.3. The molecule has 0 N–H and O–H groups in total. The number of imidazole rings is 1. The van der Waals surface area contributed by atoms with E-state index in [0.29, 0.717) is 42.7 Å². The van der Waals surface area contributed by atoms with Gasteiger partial charge in [0.25, 0.3) is 5.91 Å². The van der Waals surface area contributed by atoms with Gasteiger partial charge in [0, 0.05) is 42.6 Å². The van der Waals surface area contributed by atoms with E-state index in [1.165, 1.54) is 5.56 Å². The highest BCUT2D eigenvalue weighted by molar-refractivity contribution is 6.30. The summed E-state index contributed by atoms with van der Waals surface area (Å²) >= 11 is 6.20. The summed E-state index contributed by atoms with van der Waals surface area (Å²) in [5.41, 5.74) is 3.62. The molecule has 244 valence electrons. The van der Waals surface area contributed by atoms with Crippen LogP contribution in [-0.4, -0.2) is 70.9 Å². The molecule has 1 aliphatic heterocycles. The van der Waals surface area contributed by atoms with Crippen molar-refractivity contribution >= 4 is 34.3 Å². The lowest BCUT2D eigenvalue weighted by Crippen LogP contribution is -2.38. The number of hydrogen-bond acceptors (Lipinski definition) is 6. The first kappa shape index (κ1) is 32.7. The number of likely N-dealkylation sites (tertiary alicyclic amines) is 1. The number of piperidine rings is 1. The summed E-state index contributed by atoms with van der Waals surface area (Å²) in [5, 5.41) is 0.697. The van der Waals surface area contributed by atoms with Crippen LogP contribution in [0.2, 0.25) is 5.02 Å². The fourth-order valence-corrected chi connectivity index (χ4v) is 6.59. The van der Waals surface area contributed by atoms with Crippen LogP contribution in [0.5, 0.6) is 0 Å². The predicted octanol–water partition coefficient (Wildman–Crippen LogP) is 7.34. The molecule has 3 heterocycles. The summed E-state index contributed by atoms with van der Waals surface area (Å²) in [5.74, 6) is 1.48. The number of hydrogen-bond donors (Lipinski definition) is 0. The number of carbonyl (C=O) groups excluding carboxylic acids is 2. The molecule has 1 atom stereocenters. The normalized spacial score (nSPS) is 14.8. The van der Waals surface area contributed by atoms with Gasteiger partial charge in [0.1, 0.15) is 12.4 Å². The van der Waals surface area contributed by atoms with Crippen molar-refractivity contribution in [1.29, 1.82) is 0 Å². The highest BCUT2D eigenvalue weighted by Crippen LogP contribution is 2.28. The molecule has 1 saturated heterocycles. The molecule has 47 heavy (non-hydrogen) atoms. The Bertz CT molecular complexity index is 1750. The van der Waals surface area contributed by atoms with Crippen LogP contribution in [0.15, 0.2) is 102 Å². The lowest BCUT2D eigenvalue weighted by Gasteiger charge is -2.33. The minimum atomic E-state index is -0.0764. The molecular formula is C38H41ClN4O4. The lowest BCUT2D eigenvalue weighted by atomic mass is 9.90. The molecule has 0 saturated carbocycles. The average Bonchev–Trinajstić information content (AvgIpc) is 3.77. The number of rotatable bonds is 14. The molecule has 3 aromatic carbocycles. The van der Waals surface area contributed by atoms with Crippen molar-refractivity contribution in [3.05, 3.63) is 125 Å². The zero-order valence-electron chi connectivity index (χ0n) is 26.8. The Morgan fingerprint density at radius 3 is 2.45 bits per heavy atom. The molecule has 0 spiro atoms.